The summed E-state index contributed by atoms with van der Waals surface area (Å²) in [5.41, 5.74) is 3.91. The van der Waals surface area contributed by atoms with E-state index in [0.29, 0.717) is 45.4 Å². The third kappa shape index (κ3) is 5.36. The van der Waals surface area contributed by atoms with Crippen LogP contribution in [0.15, 0.2) is 73.1 Å². The number of halogens is 1. The zero-order valence-electron chi connectivity index (χ0n) is 17.5. The molecule has 4 nitrogen and oxygen atoms in total. The molecule has 1 N–H and O–H groups in total. The molecule has 5 heteroatoms. The second-order valence-corrected chi connectivity index (χ2v) is 8.14. The van der Waals surface area contributed by atoms with E-state index in [4.69, 9.17) is 4.74 Å². The van der Waals surface area contributed by atoms with Gasteiger partial charge in [-0.15, -0.1) is 0 Å². The first kappa shape index (κ1) is 21.2. The lowest BCUT2D eigenvalue weighted by Gasteiger charge is -2.36. The Balaban J connectivity index is 1.46. The van der Waals surface area contributed by atoms with Gasteiger partial charge in [0.25, 0.3) is 0 Å². The Morgan fingerprint density at radius 2 is 1.71 bits per heavy atom. The molecule has 4 rings (SSSR count). The number of rotatable bonds is 7. The van der Waals surface area contributed by atoms with Crippen molar-refractivity contribution in [2.75, 3.05) is 19.8 Å². The van der Waals surface area contributed by atoms with Crippen molar-refractivity contribution >= 4 is 5.91 Å². The summed E-state index contributed by atoms with van der Waals surface area (Å²) >= 11 is 0. The summed E-state index contributed by atoms with van der Waals surface area (Å²) in [5.74, 6) is -0.171. The van der Waals surface area contributed by atoms with Crippen molar-refractivity contribution in [1.82, 2.24) is 10.3 Å². The predicted octanol–water partition coefficient (Wildman–Crippen LogP) is 4.59. The molecule has 3 aromatic rings. The third-order valence-electron chi connectivity index (χ3n) is 6.03. The molecule has 0 saturated carbocycles. The van der Waals surface area contributed by atoms with E-state index >= 15 is 0 Å². The molecule has 1 aliphatic rings. The summed E-state index contributed by atoms with van der Waals surface area (Å²) in [6.45, 7) is 1.72. The molecule has 0 atom stereocenters. The number of nitrogens with one attached hydrogen (secondary N) is 1. The van der Waals surface area contributed by atoms with Crippen LogP contribution in [0.5, 0.6) is 0 Å². The van der Waals surface area contributed by atoms with Crippen LogP contribution in [0.3, 0.4) is 0 Å². The normalized spacial score (nSPS) is 15.4. The van der Waals surface area contributed by atoms with E-state index in [-0.39, 0.29) is 11.7 Å². The maximum atomic E-state index is 13.3. The zero-order chi connectivity index (χ0) is 21.5. The van der Waals surface area contributed by atoms with Crippen LogP contribution < -0.4 is 5.32 Å². The van der Waals surface area contributed by atoms with E-state index in [0.717, 1.165) is 22.3 Å². The van der Waals surface area contributed by atoms with E-state index < -0.39 is 5.41 Å². The minimum atomic E-state index is -0.474. The number of pyridine rings is 1. The fourth-order valence-corrected chi connectivity index (χ4v) is 4.20. The van der Waals surface area contributed by atoms with E-state index in [2.05, 4.69) is 28.5 Å². The number of ether oxygens (including phenoxy) is 1. The molecular formula is C26H27FN2O2. The van der Waals surface area contributed by atoms with Gasteiger partial charge in [-0.25, -0.2) is 4.39 Å². The van der Waals surface area contributed by atoms with Gasteiger partial charge in [0.15, 0.2) is 0 Å². The van der Waals surface area contributed by atoms with Crippen molar-refractivity contribution in [2.24, 2.45) is 5.41 Å². The molecule has 2 heterocycles. The monoisotopic (exact) mass is 418 g/mol. The van der Waals surface area contributed by atoms with Crippen molar-refractivity contribution < 1.29 is 13.9 Å². The van der Waals surface area contributed by atoms with Crippen LogP contribution in [-0.2, 0) is 22.4 Å². The third-order valence-corrected chi connectivity index (χ3v) is 6.03. The van der Waals surface area contributed by atoms with E-state index in [1.165, 1.54) is 12.1 Å². The molecule has 0 bridgehead atoms. The number of nitrogens with zero attached hydrogens (tertiary/aromatic N) is 1. The average Bonchev–Trinajstić information content (AvgIpc) is 2.82. The smallest absolute Gasteiger partial charge is 0.226 e. The molecule has 0 unspecified atom stereocenters. The minimum Gasteiger partial charge on any atom is -0.381 e. The molecule has 2 aromatic carbocycles. The highest BCUT2D eigenvalue weighted by atomic mass is 19.1. The van der Waals surface area contributed by atoms with E-state index in [1.54, 1.807) is 24.5 Å². The lowest BCUT2D eigenvalue weighted by Crippen LogP contribution is -2.46. The summed E-state index contributed by atoms with van der Waals surface area (Å²) < 4.78 is 18.7. The van der Waals surface area contributed by atoms with Crippen LogP contribution in [0.4, 0.5) is 4.39 Å². The van der Waals surface area contributed by atoms with Gasteiger partial charge in [-0.05, 0) is 72.2 Å². The van der Waals surface area contributed by atoms with Gasteiger partial charge in [0.2, 0.25) is 5.91 Å². The van der Waals surface area contributed by atoms with Crippen LogP contribution >= 0.6 is 0 Å². The van der Waals surface area contributed by atoms with Crippen molar-refractivity contribution in [2.45, 2.75) is 25.7 Å². The fourth-order valence-electron chi connectivity index (χ4n) is 4.20. The van der Waals surface area contributed by atoms with Crippen molar-refractivity contribution in [3.8, 4) is 11.1 Å². The van der Waals surface area contributed by atoms with Crippen LogP contribution in [0.2, 0.25) is 0 Å². The Morgan fingerprint density at radius 1 is 0.968 bits per heavy atom. The summed E-state index contributed by atoms with van der Waals surface area (Å²) in [6.07, 6.45) is 6.34. The largest absolute Gasteiger partial charge is 0.381 e. The Labute approximate surface area is 182 Å². The number of carbonyl (C=O) groups excluding carboxylic acids is 1. The maximum Gasteiger partial charge on any atom is 0.226 e. The number of hydrogen-bond acceptors (Lipinski definition) is 3. The van der Waals surface area contributed by atoms with Gasteiger partial charge < -0.3 is 10.1 Å². The van der Waals surface area contributed by atoms with Crippen molar-refractivity contribution in [1.29, 1.82) is 0 Å². The Hall–Kier alpha value is -3.05. The lowest BCUT2D eigenvalue weighted by molar-refractivity contribution is -0.136. The maximum absolute atomic E-state index is 13.3. The number of hydrogen-bond donors (Lipinski definition) is 1. The number of benzene rings is 2. The molecule has 0 radical (unpaired) electrons. The summed E-state index contributed by atoms with van der Waals surface area (Å²) in [5, 5.41) is 3.13. The van der Waals surface area contributed by atoms with Crippen molar-refractivity contribution in [3.05, 3.63) is 90.0 Å². The van der Waals surface area contributed by atoms with Gasteiger partial charge in [0, 0.05) is 32.2 Å². The molecule has 0 spiro atoms. The first-order chi connectivity index (χ1) is 15.1. The van der Waals surface area contributed by atoms with E-state index in [1.807, 2.05) is 18.2 Å². The van der Waals surface area contributed by atoms with Crippen LogP contribution in [0.1, 0.15) is 24.0 Å². The highest BCUT2D eigenvalue weighted by Crippen LogP contribution is 2.35. The van der Waals surface area contributed by atoms with Gasteiger partial charge in [0.1, 0.15) is 5.82 Å². The number of amides is 1. The fraction of sp³-hybridized carbons (Fsp3) is 0.308. The average molecular weight is 419 g/mol. The second kappa shape index (κ2) is 9.84. The van der Waals surface area contributed by atoms with Crippen LogP contribution in [0, 0.1) is 11.2 Å². The first-order valence-electron chi connectivity index (χ1n) is 10.7. The Kier molecular flexibility index (Phi) is 6.73. The van der Waals surface area contributed by atoms with Gasteiger partial charge >= 0.3 is 0 Å². The summed E-state index contributed by atoms with van der Waals surface area (Å²) in [6, 6.07) is 18.8. The quantitative estimate of drug-likeness (QED) is 0.611. The lowest BCUT2D eigenvalue weighted by atomic mass is 9.74. The molecule has 1 aromatic heterocycles. The number of aromatic nitrogens is 1. The standard InChI is InChI=1S/C26H27FN2O2/c27-24-6-4-20(5-7-24)8-15-29-25(30)26(11-16-31-17-12-26)19-21-2-1-3-23(18-21)22-9-13-28-14-10-22/h1-7,9-10,13-14,18H,8,11-12,15-17,19H2,(H,29,30). The predicted molar refractivity (Wildman–Crippen MR) is 119 cm³/mol. The molecule has 0 aliphatic carbocycles. The molecule has 160 valence electrons. The molecule has 1 aliphatic heterocycles. The van der Waals surface area contributed by atoms with Crippen LogP contribution in [0.25, 0.3) is 11.1 Å². The topological polar surface area (TPSA) is 51.2 Å². The zero-order valence-corrected chi connectivity index (χ0v) is 17.5. The minimum absolute atomic E-state index is 0.0761. The van der Waals surface area contributed by atoms with Gasteiger partial charge in [-0.2, -0.15) is 0 Å². The Bertz CT molecular complexity index is 999. The van der Waals surface area contributed by atoms with Crippen molar-refractivity contribution in [3.63, 3.8) is 0 Å². The second-order valence-electron chi connectivity index (χ2n) is 8.14. The summed E-state index contributed by atoms with van der Waals surface area (Å²) in [7, 11) is 0. The Morgan fingerprint density at radius 3 is 2.45 bits per heavy atom. The van der Waals surface area contributed by atoms with Gasteiger partial charge in [-0.1, -0.05) is 36.4 Å². The summed E-state index contributed by atoms with van der Waals surface area (Å²) in [4.78, 5) is 17.4. The number of carbonyl (C=O) groups is 1. The van der Waals surface area contributed by atoms with Crippen LogP contribution in [-0.4, -0.2) is 30.6 Å². The molecular weight excluding hydrogens is 391 g/mol. The van der Waals surface area contributed by atoms with Gasteiger partial charge in [0.05, 0.1) is 5.41 Å². The highest BCUT2D eigenvalue weighted by Gasteiger charge is 2.39. The molecule has 1 saturated heterocycles. The molecule has 1 fully saturated rings. The molecule has 1 amide bonds. The molecule has 31 heavy (non-hydrogen) atoms. The van der Waals surface area contributed by atoms with Gasteiger partial charge in [-0.3, -0.25) is 9.78 Å². The van der Waals surface area contributed by atoms with E-state index in [9.17, 15) is 9.18 Å². The highest BCUT2D eigenvalue weighted by molar-refractivity contribution is 5.83. The SMILES string of the molecule is O=C(NCCc1ccc(F)cc1)C1(Cc2cccc(-c3ccncc3)c2)CCOCC1. The first-order valence-corrected chi connectivity index (χ1v) is 10.7.